The van der Waals surface area contributed by atoms with Gasteiger partial charge in [-0.2, -0.15) is 0 Å². The first-order chi connectivity index (χ1) is 28.4. The average molecular weight is 783 g/mol. The Labute approximate surface area is 337 Å². The molecule has 0 saturated carbocycles. The third kappa shape index (κ3) is 7.60. The minimum Gasteiger partial charge on any atom is -0.461 e. The SMILES string of the molecule is O=C(OC[C@@H]1SC(OC(=O)c2ccc3ccccc3c2)C(OC(=O)c2ccc3ccccc3c2)[C@H]1OC(=O)c1ccc2ccccc2c1)c1ccc2ccccc2c1. The molecule has 0 spiro atoms. The van der Waals surface area contributed by atoms with E-state index in [-0.39, 0.29) is 23.3 Å². The summed E-state index contributed by atoms with van der Waals surface area (Å²) in [5, 5.41) is 6.37. The summed E-state index contributed by atoms with van der Waals surface area (Å²) in [5.41, 5.74) is 0.00262. The van der Waals surface area contributed by atoms with Crippen molar-refractivity contribution in [2.75, 3.05) is 6.61 Å². The fourth-order valence-electron chi connectivity index (χ4n) is 7.25. The standard InChI is InChI=1S/C49H34O8S/c50-45(38-21-17-30-9-1-5-13-34(30)25-38)54-29-42-43(55-46(51)39-22-18-31-10-2-6-14-35(31)26-39)44(56-47(52)40-23-19-32-11-3-7-15-36(32)27-40)49(58-42)57-48(53)41-24-20-33-12-4-8-16-37(33)28-41/h1-28,42-44,49H,29H2/t42-,43-,44?,49?/m0/s1. The first kappa shape index (κ1) is 36.7. The van der Waals surface area contributed by atoms with Gasteiger partial charge in [-0.15, -0.1) is 11.8 Å². The van der Waals surface area contributed by atoms with Gasteiger partial charge in [0.15, 0.2) is 17.6 Å². The van der Waals surface area contributed by atoms with Gasteiger partial charge in [0.2, 0.25) is 0 Å². The fourth-order valence-corrected chi connectivity index (χ4v) is 8.62. The van der Waals surface area contributed by atoms with Crippen molar-refractivity contribution in [2.45, 2.75) is 22.9 Å². The predicted octanol–water partition coefficient (Wildman–Crippen LogP) is 10.2. The molecule has 1 saturated heterocycles. The Morgan fingerprint density at radius 3 is 1.10 bits per heavy atom. The molecule has 1 fully saturated rings. The Morgan fingerprint density at radius 1 is 0.379 bits per heavy atom. The number of carbonyl (C=O) groups is 4. The van der Waals surface area contributed by atoms with Gasteiger partial charge in [0, 0.05) is 0 Å². The quantitative estimate of drug-likeness (QED) is 0.105. The van der Waals surface area contributed by atoms with Gasteiger partial charge in [-0.1, -0.05) is 121 Å². The molecule has 0 N–H and O–H groups in total. The zero-order valence-corrected chi connectivity index (χ0v) is 31.7. The molecule has 0 aromatic heterocycles. The smallest absolute Gasteiger partial charge is 0.339 e. The van der Waals surface area contributed by atoms with Gasteiger partial charge < -0.3 is 18.9 Å². The van der Waals surface area contributed by atoms with Crippen molar-refractivity contribution in [3.05, 3.63) is 192 Å². The number of fused-ring (bicyclic) bond motifs is 4. The number of hydrogen-bond acceptors (Lipinski definition) is 9. The molecular weight excluding hydrogens is 749 g/mol. The Hall–Kier alpha value is -6.97. The zero-order chi connectivity index (χ0) is 39.6. The minimum absolute atomic E-state index is 0.250. The van der Waals surface area contributed by atoms with Crippen molar-refractivity contribution < 1.29 is 38.1 Å². The lowest BCUT2D eigenvalue weighted by atomic mass is 10.1. The average Bonchev–Trinajstić information content (AvgIpc) is 3.58. The summed E-state index contributed by atoms with van der Waals surface area (Å²) in [7, 11) is 0. The van der Waals surface area contributed by atoms with Crippen molar-refractivity contribution in [1.29, 1.82) is 0 Å². The summed E-state index contributed by atoms with van der Waals surface area (Å²) in [6.07, 6.45) is -2.49. The highest BCUT2D eigenvalue weighted by Gasteiger charge is 2.52. The van der Waals surface area contributed by atoms with Gasteiger partial charge in [0.25, 0.3) is 0 Å². The second-order valence-corrected chi connectivity index (χ2v) is 15.4. The first-order valence-corrected chi connectivity index (χ1v) is 19.7. The van der Waals surface area contributed by atoms with Gasteiger partial charge >= 0.3 is 23.9 Å². The number of hydrogen-bond donors (Lipinski definition) is 0. The van der Waals surface area contributed by atoms with Crippen molar-refractivity contribution in [1.82, 2.24) is 0 Å². The number of benzene rings is 8. The molecule has 0 bridgehead atoms. The Balaban J connectivity index is 1.05. The molecule has 8 nitrogen and oxygen atoms in total. The molecule has 0 amide bonds. The third-order valence-electron chi connectivity index (χ3n) is 10.3. The topological polar surface area (TPSA) is 105 Å². The van der Waals surface area contributed by atoms with Crippen LogP contribution in [0.1, 0.15) is 41.4 Å². The monoisotopic (exact) mass is 782 g/mol. The van der Waals surface area contributed by atoms with Crippen molar-refractivity contribution >= 4 is 78.7 Å². The second-order valence-electron chi connectivity index (χ2n) is 14.0. The van der Waals surface area contributed by atoms with Crippen molar-refractivity contribution in [3.63, 3.8) is 0 Å². The highest BCUT2D eigenvalue weighted by Crippen LogP contribution is 2.41. The van der Waals surface area contributed by atoms with Crippen LogP contribution in [0, 0.1) is 0 Å². The Kier molecular flexibility index (Phi) is 10.0. The van der Waals surface area contributed by atoms with Crippen molar-refractivity contribution in [3.8, 4) is 0 Å². The van der Waals surface area contributed by atoms with Crippen molar-refractivity contribution in [2.24, 2.45) is 0 Å². The number of thioether (sulfide) groups is 1. The summed E-state index contributed by atoms with van der Waals surface area (Å²) in [6.45, 7) is -0.250. The van der Waals surface area contributed by atoms with Crippen LogP contribution in [0.5, 0.6) is 0 Å². The van der Waals surface area contributed by atoms with E-state index in [1.54, 1.807) is 48.5 Å². The summed E-state index contributed by atoms with van der Waals surface area (Å²) < 4.78 is 24.4. The zero-order valence-electron chi connectivity index (χ0n) is 30.9. The maximum Gasteiger partial charge on any atom is 0.339 e. The molecule has 2 unspecified atom stereocenters. The molecule has 8 aromatic rings. The van der Waals surface area contributed by atoms with Crippen LogP contribution in [0.25, 0.3) is 43.1 Å². The molecule has 0 aliphatic carbocycles. The van der Waals surface area contributed by atoms with Crippen LogP contribution in [0.15, 0.2) is 170 Å². The normalized spacial score (nSPS) is 17.6. The van der Waals surface area contributed by atoms with E-state index < -0.39 is 46.8 Å². The van der Waals surface area contributed by atoms with Gasteiger partial charge in [-0.05, 0) is 91.6 Å². The fraction of sp³-hybridized carbons (Fsp3) is 0.102. The van der Waals surface area contributed by atoms with Crippen LogP contribution >= 0.6 is 11.8 Å². The maximum absolute atomic E-state index is 14.0. The number of esters is 4. The summed E-state index contributed by atoms with van der Waals surface area (Å²) in [4.78, 5) is 55.4. The van der Waals surface area contributed by atoms with Gasteiger partial charge in [-0.25, -0.2) is 19.2 Å². The molecule has 58 heavy (non-hydrogen) atoms. The number of carbonyl (C=O) groups excluding carboxylic acids is 4. The van der Waals surface area contributed by atoms with E-state index in [1.807, 2.05) is 121 Å². The molecule has 9 rings (SSSR count). The minimum atomic E-state index is -1.29. The molecule has 8 aromatic carbocycles. The van der Waals surface area contributed by atoms with E-state index in [0.717, 1.165) is 54.9 Å². The molecule has 4 atom stereocenters. The third-order valence-corrected chi connectivity index (χ3v) is 11.7. The van der Waals surface area contributed by atoms with Crippen LogP contribution in [-0.4, -0.2) is 53.4 Å². The van der Waals surface area contributed by atoms with Crippen LogP contribution in [0.3, 0.4) is 0 Å². The number of ether oxygens (including phenoxy) is 4. The highest BCUT2D eigenvalue weighted by atomic mass is 32.2. The van der Waals surface area contributed by atoms with Gasteiger partial charge in [0.05, 0.1) is 27.5 Å². The van der Waals surface area contributed by atoms with E-state index in [1.165, 1.54) is 0 Å². The van der Waals surface area contributed by atoms with Crippen LogP contribution in [-0.2, 0) is 18.9 Å². The largest absolute Gasteiger partial charge is 0.461 e. The maximum atomic E-state index is 14.0. The summed E-state index contributed by atoms with van der Waals surface area (Å²) in [6, 6.07) is 51.4. The van der Waals surface area contributed by atoms with E-state index in [9.17, 15) is 19.2 Å². The van der Waals surface area contributed by atoms with Crippen LogP contribution in [0.4, 0.5) is 0 Å². The van der Waals surface area contributed by atoms with E-state index in [0.29, 0.717) is 5.56 Å². The lowest BCUT2D eigenvalue weighted by molar-refractivity contribution is -0.0607. The van der Waals surface area contributed by atoms with Crippen LogP contribution < -0.4 is 0 Å². The molecule has 1 heterocycles. The number of rotatable bonds is 9. The van der Waals surface area contributed by atoms with E-state index in [2.05, 4.69) is 0 Å². The molecular formula is C49H34O8S. The summed E-state index contributed by atoms with van der Waals surface area (Å²) >= 11 is 1.10. The van der Waals surface area contributed by atoms with Gasteiger partial charge in [-0.3, -0.25) is 0 Å². The lowest BCUT2D eigenvalue weighted by Crippen LogP contribution is -2.42. The molecule has 1 aliphatic heterocycles. The Morgan fingerprint density at radius 2 is 0.707 bits per heavy atom. The Bertz CT molecular complexity index is 2890. The first-order valence-electron chi connectivity index (χ1n) is 18.8. The van der Waals surface area contributed by atoms with E-state index in [4.69, 9.17) is 18.9 Å². The molecule has 0 radical (unpaired) electrons. The lowest BCUT2D eigenvalue weighted by Gasteiger charge is -2.25. The summed E-state index contributed by atoms with van der Waals surface area (Å²) in [5.74, 6) is -2.64. The van der Waals surface area contributed by atoms with Gasteiger partial charge in [0.1, 0.15) is 6.61 Å². The predicted molar refractivity (Wildman–Crippen MR) is 225 cm³/mol. The molecule has 9 heteroatoms. The molecule has 284 valence electrons. The molecule has 1 aliphatic rings. The second kappa shape index (κ2) is 15.9. The van der Waals surface area contributed by atoms with E-state index >= 15 is 0 Å². The van der Waals surface area contributed by atoms with Crippen LogP contribution in [0.2, 0.25) is 0 Å². The highest BCUT2D eigenvalue weighted by molar-refractivity contribution is 8.00.